The van der Waals surface area contributed by atoms with Crippen LogP contribution in [0.5, 0.6) is 0 Å². The van der Waals surface area contributed by atoms with E-state index in [0.29, 0.717) is 5.41 Å². The van der Waals surface area contributed by atoms with Gasteiger partial charge in [-0.15, -0.1) is 0 Å². The van der Waals surface area contributed by atoms with Crippen LogP contribution in [-0.4, -0.2) is 0 Å². The maximum absolute atomic E-state index is 2.40. The maximum Gasteiger partial charge on any atom is -0.0125 e. The summed E-state index contributed by atoms with van der Waals surface area (Å²) < 4.78 is 0. The molecular formula is C21H32. The molecule has 0 spiro atoms. The Balaban J connectivity index is 2.71. The van der Waals surface area contributed by atoms with Crippen LogP contribution >= 0.6 is 0 Å². The summed E-state index contributed by atoms with van der Waals surface area (Å²) in [6.45, 7) is 13.5. The van der Waals surface area contributed by atoms with Crippen molar-refractivity contribution >= 4 is 0 Å². The lowest BCUT2D eigenvalue weighted by atomic mass is 9.71. The third kappa shape index (κ3) is 5.91. The largest absolute Gasteiger partial charge is 0.0874 e. The van der Waals surface area contributed by atoms with E-state index < -0.39 is 0 Å². The molecule has 0 heterocycles. The summed E-state index contributed by atoms with van der Waals surface area (Å²) in [5.74, 6) is 0. The SMILES string of the molecule is C\C=C/C(C)=C/C=C/C(C)=C/CC1=C(C)CCCC1(C)C. The molecule has 0 saturated heterocycles. The second-order valence-electron chi connectivity index (χ2n) is 6.92. The van der Waals surface area contributed by atoms with Crippen LogP contribution < -0.4 is 0 Å². The summed E-state index contributed by atoms with van der Waals surface area (Å²) in [4.78, 5) is 0. The first-order valence-electron chi connectivity index (χ1n) is 8.20. The Hall–Kier alpha value is -1.30. The van der Waals surface area contributed by atoms with Crippen LogP contribution in [0.2, 0.25) is 0 Å². The number of rotatable bonds is 5. The van der Waals surface area contributed by atoms with Crippen molar-refractivity contribution in [3.63, 3.8) is 0 Å². The molecule has 0 fully saturated rings. The standard InChI is InChI=1S/C21H32/c1-7-10-17(2)11-8-12-18(3)14-15-20-19(4)13-9-16-21(20,5)6/h7-8,10-12,14H,9,13,15-16H2,1-6H3/b10-7-,12-8+,17-11+,18-14+. The monoisotopic (exact) mass is 284 g/mol. The minimum atomic E-state index is 0.380. The Bertz CT molecular complexity index is 490. The number of hydrogen-bond donors (Lipinski definition) is 0. The molecule has 0 aromatic heterocycles. The van der Waals surface area contributed by atoms with Crippen LogP contribution in [0.15, 0.2) is 58.7 Å². The molecule has 1 aliphatic rings. The van der Waals surface area contributed by atoms with Gasteiger partial charge in [-0.2, -0.15) is 0 Å². The molecule has 0 nitrogen and oxygen atoms in total. The fourth-order valence-corrected chi connectivity index (χ4v) is 3.13. The van der Waals surface area contributed by atoms with Crippen LogP contribution in [0.25, 0.3) is 0 Å². The molecule has 0 aromatic rings. The van der Waals surface area contributed by atoms with E-state index in [1.54, 1.807) is 11.1 Å². The highest BCUT2D eigenvalue weighted by Crippen LogP contribution is 2.41. The van der Waals surface area contributed by atoms with E-state index in [0.717, 1.165) is 6.42 Å². The Morgan fingerprint density at radius 3 is 2.48 bits per heavy atom. The van der Waals surface area contributed by atoms with E-state index >= 15 is 0 Å². The fraction of sp³-hybridized carbons (Fsp3) is 0.524. The molecule has 21 heavy (non-hydrogen) atoms. The van der Waals surface area contributed by atoms with Crippen LogP contribution in [0.4, 0.5) is 0 Å². The van der Waals surface area contributed by atoms with Gasteiger partial charge in [0.25, 0.3) is 0 Å². The van der Waals surface area contributed by atoms with Gasteiger partial charge < -0.3 is 0 Å². The third-order valence-electron chi connectivity index (χ3n) is 4.46. The second-order valence-corrected chi connectivity index (χ2v) is 6.92. The van der Waals surface area contributed by atoms with Crippen molar-refractivity contribution in [2.45, 2.75) is 67.2 Å². The van der Waals surface area contributed by atoms with Gasteiger partial charge in [-0.05, 0) is 58.8 Å². The van der Waals surface area contributed by atoms with Gasteiger partial charge in [-0.25, -0.2) is 0 Å². The number of hydrogen-bond acceptors (Lipinski definition) is 0. The minimum Gasteiger partial charge on any atom is -0.0874 e. The second kappa shape index (κ2) is 8.22. The molecule has 0 atom stereocenters. The van der Waals surface area contributed by atoms with Gasteiger partial charge in [0, 0.05) is 0 Å². The van der Waals surface area contributed by atoms with Crippen molar-refractivity contribution in [2.24, 2.45) is 5.41 Å². The fourth-order valence-electron chi connectivity index (χ4n) is 3.13. The summed E-state index contributed by atoms with van der Waals surface area (Å²) in [6.07, 6.45) is 18.2. The molecule has 0 saturated carbocycles. The highest BCUT2D eigenvalue weighted by molar-refractivity contribution is 5.30. The van der Waals surface area contributed by atoms with Crippen LogP contribution in [-0.2, 0) is 0 Å². The average Bonchev–Trinajstić information content (AvgIpc) is 2.37. The molecule has 1 rings (SSSR count). The van der Waals surface area contributed by atoms with Crippen molar-refractivity contribution in [2.75, 3.05) is 0 Å². The zero-order chi connectivity index (χ0) is 15.9. The first kappa shape index (κ1) is 17.8. The lowest BCUT2D eigenvalue weighted by molar-refractivity contribution is 0.360. The van der Waals surface area contributed by atoms with Gasteiger partial charge in [-0.1, -0.05) is 72.6 Å². The number of allylic oxidation sites excluding steroid dienone is 10. The molecule has 0 amide bonds. The molecular weight excluding hydrogens is 252 g/mol. The minimum absolute atomic E-state index is 0.380. The molecule has 0 aromatic carbocycles. The zero-order valence-corrected chi connectivity index (χ0v) is 14.8. The van der Waals surface area contributed by atoms with Crippen molar-refractivity contribution in [1.29, 1.82) is 0 Å². The lowest BCUT2D eigenvalue weighted by Crippen LogP contribution is -2.20. The van der Waals surface area contributed by atoms with Gasteiger partial charge >= 0.3 is 0 Å². The predicted molar refractivity (Wildman–Crippen MR) is 96.4 cm³/mol. The van der Waals surface area contributed by atoms with E-state index in [9.17, 15) is 0 Å². The molecule has 1 aliphatic carbocycles. The Kier molecular flexibility index (Phi) is 6.95. The summed E-state index contributed by atoms with van der Waals surface area (Å²) in [7, 11) is 0. The molecule has 0 bridgehead atoms. The normalized spacial score (nSPS) is 20.9. The predicted octanol–water partition coefficient (Wildman–Crippen LogP) is 6.93. The highest BCUT2D eigenvalue weighted by atomic mass is 14.3. The third-order valence-corrected chi connectivity index (χ3v) is 4.46. The maximum atomic E-state index is 2.40. The molecule has 0 aliphatic heterocycles. The summed E-state index contributed by atoms with van der Waals surface area (Å²) in [5.41, 5.74) is 6.28. The van der Waals surface area contributed by atoms with Crippen LogP contribution in [0, 0.1) is 5.41 Å². The van der Waals surface area contributed by atoms with Crippen molar-refractivity contribution < 1.29 is 0 Å². The summed E-state index contributed by atoms with van der Waals surface area (Å²) >= 11 is 0. The van der Waals surface area contributed by atoms with Crippen LogP contribution in [0.1, 0.15) is 67.2 Å². The highest BCUT2D eigenvalue weighted by Gasteiger charge is 2.27. The van der Waals surface area contributed by atoms with Crippen molar-refractivity contribution in [3.8, 4) is 0 Å². The molecule has 0 heteroatoms. The summed E-state index contributed by atoms with van der Waals surface area (Å²) in [6, 6.07) is 0. The van der Waals surface area contributed by atoms with Crippen molar-refractivity contribution in [1.82, 2.24) is 0 Å². The first-order chi connectivity index (χ1) is 9.86. The van der Waals surface area contributed by atoms with Crippen LogP contribution in [0.3, 0.4) is 0 Å². The zero-order valence-electron chi connectivity index (χ0n) is 14.8. The first-order valence-corrected chi connectivity index (χ1v) is 8.20. The average molecular weight is 284 g/mol. The van der Waals surface area contributed by atoms with E-state index in [4.69, 9.17) is 0 Å². The van der Waals surface area contributed by atoms with Gasteiger partial charge in [0.05, 0.1) is 0 Å². The van der Waals surface area contributed by atoms with E-state index in [2.05, 4.69) is 71.1 Å². The van der Waals surface area contributed by atoms with Gasteiger partial charge in [0.15, 0.2) is 0 Å². The molecule has 0 N–H and O–H groups in total. The van der Waals surface area contributed by atoms with E-state index in [-0.39, 0.29) is 0 Å². The molecule has 0 radical (unpaired) electrons. The smallest absolute Gasteiger partial charge is 0.0125 e. The Morgan fingerprint density at radius 2 is 1.86 bits per heavy atom. The van der Waals surface area contributed by atoms with Crippen molar-refractivity contribution in [3.05, 3.63) is 58.7 Å². The quantitative estimate of drug-likeness (QED) is 0.379. The van der Waals surface area contributed by atoms with Gasteiger partial charge in [-0.3, -0.25) is 0 Å². The molecule has 0 unspecified atom stereocenters. The van der Waals surface area contributed by atoms with E-state index in [1.807, 2.05) is 6.92 Å². The summed E-state index contributed by atoms with van der Waals surface area (Å²) in [5, 5.41) is 0. The Morgan fingerprint density at radius 1 is 1.14 bits per heavy atom. The van der Waals surface area contributed by atoms with Gasteiger partial charge in [0.2, 0.25) is 0 Å². The molecule has 116 valence electrons. The topological polar surface area (TPSA) is 0 Å². The van der Waals surface area contributed by atoms with Gasteiger partial charge in [0.1, 0.15) is 0 Å². The Labute approximate surface area is 132 Å². The lowest BCUT2D eigenvalue weighted by Gasteiger charge is -2.34. The van der Waals surface area contributed by atoms with E-state index in [1.165, 1.54) is 30.4 Å².